The molecule has 2 aromatic heterocycles. The Balaban J connectivity index is 1.60. The summed E-state index contributed by atoms with van der Waals surface area (Å²) in [5.41, 5.74) is 4.00. The van der Waals surface area contributed by atoms with Gasteiger partial charge in [0.2, 0.25) is 0 Å². The molecule has 8 heteroatoms. The fourth-order valence-corrected chi connectivity index (χ4v) is 5.34. The van der Waals surface area contributed by atoms with Crippen LogP contribution in [0.2, 0.25) is 0 Å². The van der Waals surface area contributed by atoms with Gasteiger partial charge in [0.05, 0.1) is 16.6 Å². The first-order chi connectivity index (χ1) is 17.9. The van der Waals surface area contributed by atoms with Gasteiger partial charge in [-0.2, -0.15) is 0 Å². The van der Waals surface area contributed by atoms with E-state index in [4.69, 9.17) is 9.72 Å². The average molecular weight is 515 g/mol. The second-order valence-electron chi connectivity index (χ2n) is 11.4. The number of hydrogen-bond donors (Lipinski definition) is 1. The second-order valence-corrected chi connectivity index (χ2v) is 11.4. The molecule has 1 amide bonds. The van der Waals surface area contributed by atoms with Crippen molar-refractivity contribution < 1.29 is 19.4 Å². The van der Waals surface area contributed by atoms with Crippen molar-refractivity contribution in [2.24, 2.45) is 17.9 Å². The van der Waals surface area contributed by atoms with Gasteiger partial charge >= 0.3 is 11.9 Å². The third kappa shape index (κ3) is 3.92. The van der Waals surface area contributed by atoms with E-state index in [2.05, 4.69) is 29.9 Å². The van der Waals surface area contributed by atoms with Gasteiger partial charge in [-0.25, -0.2) is 4.98 Å². The molecule has 38 heavy (non-hydrogen) atoms. The lowest BCUT2D eigenvalue weighted by atomic mass is 9.50. The van der Waals surface area contributed by atoms with E-state index in [1.165, 1.54) is 5.56 Å². The second kappa shape index (κ2) is 8.87. The van der Waals surface area contributed by atoms with Gasteiger partial charge in [-0.1, -0.05) is 25.8 Å². The summed E-state index contributed by atoms with van der Waals surface area (Å²) in [4.78, 5) is 31.8. The molecule has 8 nitrogen and oxygen atoms in total. The van der Waals surface area contributed by atoms with Crippen LogP contribution >= 0.6 is 0 Å². The Bertz CT molecular complexity index is 1540. The Kier molecular flexibility index (Phi) is 6.01. The number of pyridine rings is 1. The van der Waals surface area contributed by atoms with Crippen LogP contribution < -0.4 is 9.64 Å². The number of carbonyl (C=O) groups is 2. The summed E-state index contributed by atoms with van der Waals surface area (Å²) in [7, 11) is 1.81. The third-order valence-electron chi connectivity index (χ3n) is 8.76. The van der Waals surface area contributed by atoms with Gasteiger partial charge in [-0.15, -0.1) is 5.10 Å². The number of aromatic nitrogens is 3. The van der Waals surface area contributed by atoms with E-state index in [0.717, 1.165) is 35.2 Å². The van der Waals surface area contributed by atoms with E-state index in [-0.39, 0.29) is 12.0 Å². The van der Waals surface area contributed by atoms with Gasteiger partial charge in [-0.05, 0) is 87.3 Å². The number of hydrogen-bond acceptors (Lipinski definition) is 5. The van der Waals surface area contributed by atoms with E-state index < -0.39 is 16.8 Å². The Morgan fingerprint density at radius 2 is 1.84 bits per heavy atom. The predicted octanol–water partition coefficient (Wildman–Crippen LogP) is 5.42. The van der Waals surface area contributed by atoms with Crippen molar-refractivity contribution in [3.05, 3.63) is 41.0 Å². The van der Waals surface area contributed by atoms with Crippen molar-refractivity contribution in [3.63, 3.8) is 0 Å². The number of aryl methyl sites for hydroxylation is 3. The summed E-state index contributed by atoms with van der Waals surface area (Å²) < 4.78 is 8.00. The van der Waals surface area contributed by atoms with Gasteiger partial charge in [-0.3, -0.25) is 19.2 Å². The maximum atomic E-state index is 13.4. The first-order valence-electron chi connectivity index (χ1n) is 13.0. The summed E-state index contributed by atoms with van der Waals surface area (Å²) in [5.74, 6) is 5.44. The number of carboxylic acids is 1. The monoisotopic (exact) mass is 514 g/mol. The molecule has 0 bridgehead atoms. The van der Waals surface area contributed by atoms with E-state index >= 15 is 0 Å². The average Bonchev–Trinajstić information content (AvgIpc) is 3.65. The van der Waals surface area contributed by atoms with Crippen LogP contribution in [0.1, 0.15) is 69.6 Å². The number of carbonyl (C=O) groups excluding carboxylic acids is 1. The summed E-state index contributed by atoms with van der Waals surface area (Å²) in [5, 5.41) is 14.3. The lowest BCUT2D eigenvalue weighted by molar-refractivity contribution is -0.192. The number of anilines is 2. The van der Waals surface area contributed by atoms with E-state index in [1.54, 1.807) is 23.4 Å². The molecule has 3 aromatic rings. The molecule has 2 fully saturated rings. The highest BCUT2D eigenvalue weighted by Crippen LogP contribution is 2.58. The van der Waals surface area contributed by atoms with Gasteiger partial charge in [0.25, 0.3) is 5.88 Å². The molecule has 2 heterocycles. The van der Waals surface area contributed by atoms with Gasteiger partial charge < -0.3 is 9.84 Å². The normalized spacial score (nSPS) is 21.8. The van der Waals surface area contributed by atoms with E-state index in [9.17, 15) is 14.7 Å². The molecule has 0 aliphatic heterocycles. The minimum Gasteiger partial charge on any atom is -0.481 e. The fraction of sp³-hybridized carbons (Fsp3) is 0.467. The topological polar surface area (TPSA) is 97.6 Å². The number of rotatable bonds is 6. The molecule has 0 saturated heterocycles. The standard InChI is InChI=1S/C30H34N4O4/c1-8-9-25(35)34(22-15-18(3)17(2)14-20(22)19-10-11-19)24-13-12-21-26(31-24)27(32-33(21)7)38-23-16-30(6,28(36)37)29(23,4)5/h12-15,19,23H,10-11,16H2,1-7H3,(H,36,37)/t23-,30+/m0/s1. The fourth-order valence-electron chi connectivity index (χ4n) is 5.34. The van der Waals surface area contributed by atoms with Gasteiger partial charge in [0.15, 0.2) is 5.52 Å². The van der Waals surface area contributed by atoms with Crippen molar-refractivity contribution in [1.82, 2.24) is 14.8 Å². The molecule has 2 atom stereocenters. The number of ether oxygens (including phenoxy) is 1. The molecule has 0 radical (unpaired) electrons. The number of fused-ring (bicyclic) bond motifs is 1. The number of carboxylic acid groups (broad SMARTS) is 1. The van der Waals surface area contributed by atoms with Crippen LogP contribution in [0.25, 0.3) is 11.0 Å². The van der Waals surface area contributed by atoms with Crippen LogP contribution in [0.5, 0.6) is 5.88 Å². The smallest absolute Gasteiger partial charge is 0.310 e. The van der Waals surface area contributed by atoms with E-state index in [0.29, 0.717) is 29.6 Å². The van der Waals surface area contributed by atoms with Crippen LogP contribution in [0.15, 0.2) is 24.3 Å². The lowest BCUT2D eigenvalue weighted by Crippen LogP contribution is -2.62. The van der Waals surface area contributed by atoms with Crippen molar-refractivity contribution in [2.45, 2.75) is 72.8 Å². The number of benzene rings is 1. The van der Waals surface area contributed by atoms with Crippen LogP contribution in [-0.2, 0) is 16.6 Å². The zero-order valence-corrected chi connectivity index (χ0v) is 23.0. The Hall–Kier alpha value is -3.86. The highest BCUT2D eigenvalue weighted by atomic mass is 16.5. The quantitative estimate of drug-likeness (QED) is 0.441. The third-order valence-corrected chi connectivity index (χ3v) is 8.76. The molecule has 1 N–H and O–H groups in total. The Morgan fingerprint density at radius 3 is 2.45 bits per heavy atom. The van der Waals surface area contributed by atoms with Crippen molar-refractivity contribution in [2.75, 3.05) is 4.90 Å². The maximum Gasteiger partial charge on any atom is 0.310 e. The number of nitrogens with zero attached hydrogens (tertiary/aromatic N) is 4. The zero-order valence-electron chi connectivity index (χ0n) is 23.0. The van der Waals surface area contributed by atoms with Crippen LogP contribution in [0, 0.1) is 36.5 Å². The molecule has 0 spiro atoms. The van der Waals surface area contributed by atoms with Crippen LogP contribution in [0.3, 0.4) is 0 Å². The Labute approximate surface area is 223 Å². The van der Waals surface area contributed by atoms with E-state index in [1.807, 2.05) is 46.0 Å². The largest absolute Gasteiger partial charge is 0.481 e. The van der Waals surface area contributed by atoms with Crippen molar-refractivity contribution >= 4 is 34.4 Å². The van der Waals surface area contributed by atoms with Crippen LogP contribution in [-0.4, -0.2) is 37.9 Å². The maximum absolute atomic E-state index is 13.4. The molecule has 2 aliphatic rings. The first-order valence-corrected chi connectivity index (χ1v) is 13.0. The SMILES string of the molecule is CC#CC(=O)N(c1ccc2c(n1)c(O[C@H]1C[C@](C)(C(=O)O)C1(C)C)nn2C)c1cc(C)c(C)cc1C1CC1. The molecule has 2 saturated carbocycles. The molecule has 5 rings (SSSR count). The summed E-state index contributed by atoms with van der Waals surface area (Å²) in [6, 6.07) is 7.91. The highest BCUT2D eigenvalue weighted by molar-refractivity contribution is 6.11. The van der Waals surface area contributed by atoms with Crippen LogP contribution in [0.4, 0.5) is 11.5 Å². The summed E-state index contributed by atoms with van der Waals surface area (Å²) in [6.45, 7) is 11.3. The van der Waals surface area contributed by atoms with Gasteiger partial charge in [0, 0.05) is 18.9 Å². The van der Waals surface area contributed by atoms with Gasteiger partial charge in [0.1, 0.15) is 11.9 Å². The first kappa shape index (κ1) is 25.8. The molecule has 1 aromatic carbocycles. The van der Waals surface area contributed by atoms with Crippen molar-refractivity contribution in [1.29, 1.82) is 0 Å². The number of amides is 1. The minimum absolute atomic E-state index is 0.325. The minimum atomic E-state index is -0.884. The predicted molar refractivity (Wildman–Crippen MR) is 146 cm³/mol. The molecule has 2 aliphatic carbocycles. The summed E-state index contributed by atoms with van der Waals surface area (Å²) >= 11 is 0. The summed E-state index contributed by atoms with van der Waals surface area (Å²) in [6.07, 6.45) is 2.22. The molecule has 0 unspecified atom stereocenters. The molecular weight excluding hydrogens is 480 g/mol. The highest BCUT2D eigenvalue weighted by Gasteiger charge is 2.63. The number of aliphatic carboxylic acids is 1. The molecular formula is C30H34N4O4. The lowest BCUT2D eigenvalue weighted by Gasteiger charge is -2.56. The molecule has 198 valence electrons. The Morgan fingerprint density at radius 1 is 1.16 bits per heavy atom. The van der Waals surface area contributed by atoms with Crippen molar-refractivity contribution in [3.8, 4) is 17.7 Å². The zero-order chi connectivity index (χ0) is 27.6.